The van der Waals surface area contributed by atoms with Crippen molar-refractivity contribution < 1.29 is 28.7 Å². The zero-order valence-electron chi connectivity index (χ0n) is 19.5. The maximum absolute atomic E-state index is 12.0. The highest BCUT2D eigenvalue weighted by Crippen LogP contribution is 2.37. The summed E-state index contributed by atoms with van der Waals surface area (Å²) in [6, 6.07) is 12.0. The summed E-state index contributed by atoms with van der Waals surface area (Å²) in [6.07, 6.45) is 1.24. The number of esters is 1. The van der Waals surface area contributed by atoms with Crippen molar-refractivity contribution in [1.82, 2.24) is 14.9 Å². The van der Waals surface area contributed by atoms with Crippen LogP contribution in [0.2, 0.25) is 0 Å². The molecule has 2 aliphatic heterocycles. The first-order valence-electron chi connectivity index (χ1n) is 11.2. The first-order chi connectivity index (χ1) is 17.5. The van der Waals surface area contributed by atoms with E-state index >= 15 is 0 Å². The van der Waals surface area contributed by atoms with Crippen molar-refractivity contribution in [2.45, 2.75) is 6.54 Å². The van der Waals surface area contributed by atoms with Crippen molar-refractivity contribution in [3.05, 3.63) is 70.0 Å². The van der Waals surface area contributed by atoms with Crippen LogP contribution in [0.3, 0.4) is 0 Å². The fraction of sp³-hybridized carbons (Fsp3) is 0.292. The summed E-state index contributed by atoms with van der Waals surface area (Å²) in [5.41, 5.74) is 1.03. The van der Waals surface area contributed by atoms with Gasteiger partial charge in [0.1, 0.15) is 12.1 Å². The number of benzene rings is 2. The summed E-state index contributed by atoms with van der Waals surface area (Å²) in [4.78, 5) is 35.6. The summed E-state index contributed by atoms with van der Waals surface area (Å²) in [7, 11) is 1.27. The Hall–Kier alpha value is -4.45. The largest absolute Gasteiger partial charge is 0.465 e. The van der Waals surface area contributed by atoms with Crippen LogP contribution in [-0.4, -0.2) is 65.8 Å². The molecule has 186 valence electrons. The molecule has 0 atom stereocenters. The first-order valence-corrected chi connectivity index (χ1v) is 11.2. The number of piperazine rings is 1. The van der Waals surface area contributed by atoms with Crippen molar-refractivity contribution in [3.63, 3.8) is 0 Å². The lowest BCUT2D eigenvalue weighted by Gasteiger charge is -2.35. The molecule has 12 heteroatoms. The van der Waals surface area contributed by atoms with Crippen molar-refractivity contribution in [3.8, 4) is 23.1 Å². The second kappa shape index (κ2) is 10.0. The van der Waals surface area contributed by atoms with E-state index in [1.165, 1.54) is 19.5 Å². The molecule has 1 aromatic heterocycles. The second-order valence-corrected chi connectivity index (χ2v) is 8.18. The number of rotatable bonds is 7. The molecule has 0 radical (unpaired) electrons. The lowest BCUT2D eigenvalue weighted by Crippen LogP contribution is -2.46. The van der Waals surface area contributed by atoms with Gasteiger partial charge >= 0.3 is 17.5 Å². The molecular formula is C24H23N5O7. The molecule has 1 fully saturated rings. The molecule has 3 heterocycles. The molecule has 1 saturated heterocycles. The fourth-order valence-corrected chi connectivity index (χ4v) is 4.15. The third-order valence-corrected chi connectivity index (χ3v) is 5.94. The molecule has 0 unspecified atom stereocenters. The Labute approximate surface area is 206 Å². The van der Waals surface area contributed by atoms with Crippen LogP contribution in [0.1, 0.15) is 15.9 Å². The maximum atomic E-state index is 12.0. The Bertz CT molecular complexity index is 1290. The van der Waals surface area contributed by atoms with E-state index in [-0.39, 0.29) is 35.5 Å². The highest BCUT2D eigenvalue weighted by atomic mass is 16.7. The highest BCUT2D eigenvalue weighted by Gasteiger charge is 2.31. The van der Waals surface area contributed by atoms with Crippen molar-refractivity contribution in [1.29, 1.82) is 0 Å². The van der Waals surface area contributed by atoms with Gasteiger partial charge in [-0.15, -0.1) is 0 Å². The minimum Gasteiger partial charge on any atom is -0.465 e. The van der Waals surface area contributed by atoms with Gasteiger partial charge in [0, 0.05) is 32.7 Å². The van der Waals surface area contributed by atoms with Gasteiger partial charge in [0.05, 0.1) is 17.6 Å². The lowest BCUT2D eigenvalue weighted by atomic mass is 10.1. The van der Waals surface area contributed by atoms with E-state index in [1.807, 2.05) is 23.1 Å². The Morgan fingerprint density at radius 3 is 2.67 bits per heavy atom. The molecule has 0 amide bonds. The number of methoxy groups -OCH3 is 1. The second-order valence-electron chi connectivity index (χ2n) is 8.18. The van der Waals surface area contributed by atoms with Gasteiger partial charge in [-0.1, -0.05) is 12.1 Å². The Morgan fingerprint density at radius 1 is 1.08 bits per heavy atom. The molecule has 3 aromatic rings. The molecule has 2 aromatic carbocycles. The number of carbonyl (C=O) groups excluding carboxylic acids is 1. The number of hydrogen-bond acceptors (Lipinski definition) is 11. The predicted molar refractivity (Wildman–Crippen MR) is 127 cm³/mol. The Balaban J connectivity index is 1.30. The standard InChI is InChI=1S/C24H23N5O7/c1-33-24(30)17-3-2-4-18(12-17)36-23-21(29(31)32)22(25-14-26-23)28-9-7-27(8-10-28)13-16-5-6-19-20(11-16)35-15-34-19/h2-6,11-12,14H,7-10,13,15H2,1H3. The third-order valence-electron chi connectivity index (χ3n) is 5.94. The van der Waals surface area contributed by atoms with Crippen LogP contribution in [-0.2, 0) is 11.3 Å². The topological polar surface area (TPSA) is 129 Å². The SMILES string of the molecule is COC(=O)c1cccc(Oc2ncnc(N3CCN(Cc4ccc5c(c4)OCO5)CC3)c2[N+](=O)[O-])c1. The normalized spacial score (nSPS) is 15.0. The fourth-order valence-electron chi connectivity index (χ4n) is 4.15. The van der Waals surface area contributed by atoms with E-state index in [0.717, 1.165) is 23.6 Å². The van der Waals surface area contributed by atoms with E-state index in [1.54, 1.807) is 18.2 Å². The highest BCUT2D eigenvalue weighted by molar-refractivity contribution is 5.89. The van der Waals surface area contributed by atoms with Gasteiger partial charge in [-0.05, 0) is 35.9 Å². The molecule has 2 aliphatic rings. The Morgan fingerprint density at radius 2 is 1.89 bits per heavy atom. The average molecular weight is 493 g/mol. The van der Waals surface area contributed by atoms with Gasteiger partial charge in [-0.2, -0.15) is 4.98 Å². The molecular weight excluding hydrogens is 470 g/mol. The van der Waals surface area contributed by atoms with Crippen LogP contribution < -0.4 is 19.1 Å². The van der Waals surface area contributed by atoms with Crippen molar-refractivity contribution in [2.75, 3.05) is 45.0 Å². The summed E-state index contributed by atoms with van der Waals surface area (Å²) < 4.78 is 21.3. The van der Waals surface area contributed by atoms with E-state index in [0.29, 0.717) is 26.2 Å². The lowest BCUT2D eigenvalue weighted by molar-refractivity contribution is -0.385. The number of anilines is 1. The molecule has 0 aliphatic carbocycles. The minimum absolute atomic E-state index is 0.192. The first kappa shape index (κ1) is 23.3. The number of nitro groups is 1. The van der Waals surface area contributed by atoms with Crippen LogP contribution in [0.4, 0.5) is 11.5 Å². The zero-order chi connectivity index (χ0) is 25.1. The summed E-state index contributed by atoms with van der Waals surface area (Å²) in [6.45, 7) is 3.41. The van der Waals surface area contributed by atoms with Crippen LogP contribution >= 0.6 is 0 Å². The molecule has 12 nitrogen and oxygen atoms in total. The molecule has 0 N–H and O–H groups in total. The van der Waals surface area contributed by atoms with Gasteiger partial charge in [-0.25, -0.2) is 9.78 Å². The summed E-state index contributed by atoms with van der Waals surface area (Å²) in [5, 5.41) is 12.0. The maximum Gasteiger partial charge on any atom is 0.373 e. The number of carbonyl (C=O) groups is 1. The van der Waals surface area contributed by atoms with E-state index in [2.05, 4.69) is 14.9 Å². The molecule has 0 saturated carbocycles. The van der Waals surface area contributed by atoms with E-state index < -0.39 is 10.9 Å². The Kier molecular flexibility index (Phi) is 6.50. The number of nitrogens with zero attached hydrogens (tertiary/aromatic N) is 5. The van der Waals surface area contributed by atoms with Crippen LogP contribution in [0.15, 0.2) is 48.8 Å². The van der Waals surface area contributed by atoms with Gasteiger partial charge < -0.3 is 23.8 Å². The number of ether oxygens (including phenoxy) is 4. The minimum atomic E-state index is -0.548. The van der Waals surface area contributed by atoms with Gasteiger partial charge in [0.15, 0.2) is 11.5 Å². The molecule has 0 bridgehead atoms. The van der Waals surface area contributed by atoms with Gasteiger partial charge in [0.2, 0.25) is 12.6 Å². The van der Waals surface area contributed by atoms with E-state index in [9.17, 15) is 14.9 Å². The zero-order valence-corrected chi connectivity index (χ0v) is 19.5. The smallest absolute Gasteiger partial charge is 0.373 e. The number of aromatic nitrogens is 2. The quantitative estimate of drug-likeness (QED) is 0.273. The molecule has 0 spiro atoms. The van der Waals surface area contributed by atoms with Gasteiger partial charge in [-0.3, -0.25) is 15.0 Å². The predicted octanol–water partition coefficient (Wildman–Crippen LogP) is 3.01. The summed E-state index contributed by atoms with van der Waals surface area (Å²) >= 11 is 0. The third kappa shape index (κ3) is 4.84. The van der Waals surface area contributed by atoms with Crippen LogP contribution in [0.5, 0.6) is 23.1 Å². The van der Waals surface area contributed by atoms with Crippen molar-refractivity contribution in [2.24, 2.45) is 0 Å². The van der Waals surface area contributed by atoms with Crippen molar-refractivity contribution >= 4 is 17.5 Å². The molecule has 36 heavy (non-hydrogen) atoms. The van der Waals surface area contributed by atoms with Gasteiger partial charge in [0.25, 0.3) is 0 Å². The average Bonchev–Trinajstić information content (AvgIpc) is 3.36. The number of hydrogen-bond donors (Lipinski definition) is 0. The van der Waals surface area contributed by atoms with Crippen LogP contribution in [0.25, 0.3) is 0 Å². The molecule has 5 rings (SSSR count). The monoisotopic (exact) mass is 493 g/mol. The van der Waals surface area contributed by atoms with E-state index in [4.69, 9.17) is 18.9 Å². The van der Waals surface area contributed by atoms with Crippen LogP contribution in [0, 0.1) is 10.1 Å². The summed E-state index contributed by atoms with van der Waals surface area (Å²) in [5.74, 6) is 1.16. The number of fused-ring (bicyclic) bond motifs is 1.